The van der Waals surface area contributed by atoms with E-state index < -0.39 is 11.6 Å². The van der Waals surface area contributed by atoms with Crippen LogP contribution < -0.4 is 10.1 Å². The zero-order valence-electron chi connectivity index (χ0n) is 15.7. The first-order valence-electron chi connectivity index (χ1n) is 8.91. The maximum Gasteiger partial charge on any atom is 0.255 e. The van der Waals surface area contributed by atoms with Gasteiger partial charge in [-0.1, -0.05) is 17.7 Å². The van der Waals surface area contributed by atoms with Gasteiger partial charge in [-0.2, -0.15) is 5.10 Å². The van der Waals surface area contributed by atoms with Gasteiger partial charge in [-0.25, -0.2) is 8.78 Å². The van der Waals surface area contributed by atoms with E-state index in [0.29, 0.717) is 19.6 Å². The molecule has 0 radical (unpaired) electrons. The Bertz CT molecular complexity index is 968. The van der Waals surface area contributed by atoms with E-state index in [1.807, 2.05) is 31.2 Å². The number of aromatic nitrogens is 2. The maximum atomic E-state index is 14.1. The van der Waals surface area contributed by atoms with E-state index >= 15 is 0 Å². The fraction of sp³-hybridized carbons (Fsp3) is 0.238. The average molecular weight is 385 g/mol. The van der Waals surface area contributed by atoms with Gasteiger partial charge in [-0.15, -0.1) is 0 Å². The molecule has 7 heteroatoms. The Hall–Kier alpha value is -3.22. The quantitative estimate of drug-likeness (QED) is 0.628. The van der Waals surface area contributed by atoms with E-state index in [4.69, 9.17) is 4.74 Å². The molecule has 0 aliphatic carbocycles. The number of hydrogen-bond donors (Lipinski definition) is 1. The summed E-state index contributed by atoms with van der Waals surface area (Å²) in [6.07, 6.45) is 2.12. The minimum absolute atomic E-state index is 0.0786. The zero-order valence-corrected chi connectivity index (χ0v) is 15.7. The van der Waals surface area contributed by atoms with Crippen LogP contribution in [0.2, 0.25) is 0 Å². The topological polar surface area (TPSA) is 56.1 Å². The van der Waals surface area contributed by atoms with E-state index in [9.17, 15) is 13.6 Å². The number of halogens is 2. The summed E-state index contributed by atoms with van der Waals surface area (Å²) < 4.78 is 34.3. The fourth-order valence-electron chi connectivity index (χ4n) is 2.73. The summed E-state index contributed by atoms with van der Waals surface area (Å²) in [6, 6.07) is 10.9. The van der Waals surface area contributed by atoms with E-state index in [2.05, 4.69) is 10.4 Å². The van der Waals surface area contributed by atoms with Crippen LogP contribution in [0.4, 0.5) is 8.78 Å². The number of carbonyl (C=O) groups is 1. The van der Waals surface area contributed by atoms with Crippen molar-refractivity contribution in [2.75, 3.05) is 13.2 Å². The molecule has 2 aromatic carbocycles. The third kappa shape index (κ3) is 4.73. The van der Waals surface area contributed by atoms with Crippen molar-refractivity contribution < 1.29 is 18.3 Å². The van der Waals surface area contributed by atoms with Gasteiger partial charge in [0.15, 0.2) is 0 Å². The van der Waals surface area contributed by atoms with Crippen molar-refractivity contribution in [1.82, 2.24) is 15.1 Å². The Balaban J connectivity index is 1.58. The van der Waals surface area contributed by atoms with E-state index in [1.54, 1.807) is 7.05 Å². The van der Waals surface area contributed by atoms with Crippen LogP contribution in [0.3, 0.4) is 0 Å². The van der Waals surface area contributed by atoms with Gasteiger partial charge in [-0.3, -0.25) is 9.48 Å². The van der Waals surface area contributed by atoms with Crippen LogP contribution in [0, 0.1) is 18.6 Å². The molecular formula is C21H21F2N3O2. The lowest BCUT2D eigenvalue weighted by atomic mass is 10.1. The van der Waals surface area contributed by atoms with Crippen molar-refractivity contribution in [3.63, 3.8) is 0 Å². The predicted molar refractivity (Wildman–Crippen MR) is 102 cm³/mol. The van der Waals surface area contributed by atoms with Gasteiger partial charge in [0, 0.05) is 31.4 Å². The molecule has 1 amide bonds. The molecule has 1 aromatic heterocycles. The molecule has 0 aliphatic rings. The standard InChI is InChI=1S/C21H21F2N3O2/c1-14-4-7-16(8-5-14)28-11-3-10-24-21(27)18-13-26(2)25-20(18)17-9-6-15(22)12-19(17)23/h4-9,12-13H,3,10-11H2,1-2H3,(H,24,27). The molecule has 0 bridgehead atoms. The van der Waals surface area contributed by atoms with E-state index in [1.165, 1.54) is 16.9 Å². The second-order valence-electron chi connectivity index (χ2n) is 6.46. The first-order valence-corrected chi connectivity index (χ1v) is 8.91. The molecule has 3 rings (SSSR count). The number of benzene rings is 2. The predicted octanol–water partition coefficient (Wildman–Crippen LogP) is 3.87. The highest BCUT2D eigenvalue weighted by atomic mass is 19.1. The van der Waals surface area contributed by atoms with Gasteiger partial charge >= 0.3 is 0 Å². The summed E-state index contributed by atoms with van der Waals surface area (Å²) in [5.74, 6) is -1.04. The van der Waals surface area contributed by atoms with Crippen LogP contribution in [0.15, 0.2) is 48.7 Å². The van der Waals surface area contributed by atoms with Gasteiger partial charge in [-0.05, 0) is 37.6 Å². The Morgan fingerprint density at radius 1 is 1.18 bits per heavy atom. The lowest BCUT2D eigenvalue weighted by Crippen LogP contribution is -2.25. The normalized spacial score (nSPS) is 10.7. The minimum atomic E-state index is -0.765. The van der Waals surface area contributed by atoms with Crippen LogP contribution in [0.1, 0.15) is 22.3 Å². The van der Waals surface area contributed by atoms with Crippen molar-refractivity contribution in [3.8, 4) is 17.0 Å². The average Bonchev–Trinajstić information content (AvgIpc) is 3.04. The summed E-state index contributed by atoms with van der Waals surface area (Å²) in [5.41, 5.74) is 1.64. The minimum Gasteiger partial charge on any atom is -0.494 e. The Labute approximate surface area is 161 Å². The molecule has 0 unspecified atom stereocenters. The van der Waals surface area contributed by atoms with Crippen molar-refractivity contribution in [2.45, 2.75) is 13.3 Å². The van der Waals surface area contributed by atoms with Gasteiger partial charge in [0.05, 0.1) is 12.2 Å². The molecule has 0 fully saturated rings. The largest absolute Gasteiger partial charge is 0.494 e. The molecular weight excluding hydrogens is 364 g/mol. The fourth-order valence-corrected chi connectivity index (χ4v) is 2.73. The van der Waals surface area contributed by atoms with Gasteiger partial charge in [0.2, 0.25) is 0 Å². The Morgan fingerprint density at radius 2 is 1.93 bits per heavy atom. The maximum absolute atomic E-state index is 14.1. The highest BCUT2D eigenvalue weighted by Gasteiger charge is 2.19. The van der Waals surface area contributed by atoms with Crippen LogP contribution >= 0.6 is 0 Å². The van der Waals surface area contributed by atoms with Crippen molar-refractivity contribution >= 4 is 5.91 Å². The Kier molecular flexibility index (Phi) is 6.03. The lowest BCUT2D eigenvalue weighted by Gasteiger charge is -2.08. The summed E-state index contributed by atoms with van der Waals surface area (Å²) in [6.45, 7) is 2.85. The van der Waals surface area contributed by atoms with Gasteiger partial charge < -0.3 is 10.1 Å². The number of carbonyl (C=O) groups excluding carboxylic acids is 1. The molecule has 0 aliphatic heterocycles. The first kappa shape index (κ1) is 19.5. The summed E-state index contributed by atoms with van der Waals surface area (Å²) in [5, 5.41) is 6.93. The number of nitrogens with zero attached hydrogens (tertiary/aromatic N) is 2. The third-order valence-corrected chi connectivity index (χ3v) is 4.16. The van der Waals surface area contributed by atoms with E-state index in [-0.39, 0.29) is 22.7 Å². The van der Waals surface area contributed by atoms with Crippen LogP contribution in [0.25, 0.3) is 11.3 Å². The number of ether oxygens (including phenoxy) is 1. The highest BCUT2D eigenvalue weighted by Crippen LogP contribution is 2.25. The van der Waals surface area contributed by atoms with Gasteiger partial charge in [0.1, 0.15) is 23.1 Å². The molecule has 28 heavy (non-hydrogen) atoms. The smallest absolute Gasteiger partial charge is 0.255 e. The summed E-state index contributed by atoms with van der Waals surface area (Å²) >= 11 is 0. The van der Waals surface area contributed by atoms with Crippen LogP contribution in [0.5, 0.6) is 5.75 Å². The number of rotatable bonds is 7. The highest BCUT2D eigenvalue weighted by molar-refractivity contribution is 5.99. The molecule has 0 spiro atoms. The monoisotopic (exact) mass is 385 g/mol. The molecule has 0 saturated heterocycles. The van der Waals surface area contributed by atoms with Crippen molar-refractivity contribution in [1.29, 1.82) is 0 Å². The number of aryl methyl sites for hydroxylation is 2. The molecule has 0 saturated carbocycles. The Morgan fingerprint density at radius 3 is 2.64 bits per heavy atom. The number of amides is 1. The molecule has 1 heterocycles. The third-order valence-electron chi connectivity index (χ3n) is 4.16. The number of nitrogens with one attached hydrogen (secondary N) is 1. The van der Waals surface area contributed by atoms with Gasteiger partial charge in [0.25, 0.3) is 5.91 Å². The summed E-state index contributed by atoms with van der Waals surface area (Å²) in [4.78, 5) is 12.5. The van der Waals surface area contributed by atoms with Crippen LogP contribution in [-0.2, 0) is 7.05 Å². The van der Waals surface area contributed by atoms with Crippen molar-refractivity contribution in [2.24, 2.45) is 7.05 Å². The zero-order chi connectivity index (χ0) is 20.1. The molecule has 146 valence electrons. The summed E-state index contributed by atoms with van der Waals surface area (Å²) in [7, 11) is 1.64. The second-order valence-corrected chi connectivity index (χ2v) is 6.46. The lowest BCUT2D eigenvalue weighted by molar-refractivity contribution is 0.0952. The first-order chi connectivity index (χ1) is 13.4. The van der Waals surface area contributed by atoms with Crippen LogP contribution in [-0.4, -0.2) is 28.8 Å². The molecule has 5 nitrogen and oxygen atoms in total. The molecule has 3 aromatic rings. The second kappa shape index (κ2) is 8.65. The van der Waals surface area contributed by atoms with E-state index in [0.717, 1.165) is 23.4 Å². The SMILES string of the molecule is Cc1ccc(OCCCNC(=O)c2cn(C)nc2-c2ccc(F)cc2F)cc1. The number of hydrogen-bond acceptors (Lipinski definition) is 3. The van der Waals surface area contributed by atoms with Crippen molar-refractivity contribution in [3.05, 3.63) is 71.4 Å². The molecule has 1 N–H and O–H groups in total. The molecule has 0 atom stereocenters.